The number of ether oxygens (including phenoxy) is 2. The second-order valence-corrected chi connectivity index (χ2v) is 11.0. The summed E-state index contributed by atoms with van der Waals surface area (Å²) >= 11 is 4.33. The third kappa shape index (κ3) is 7.68. The minimum atomic E-state index is -3.88. The molecule has 1 aliphatic rings. The molecule has 2 aromatic rings. The van der Waals surface area contributed by atoms with Crippen LogP contribution in [0.1, 0.15) is 20.3 Å². The number of nitrogens with zero attached hydrogens (tertiary/aromatic N) is 2. The van der Waals surface area contributed by atoms with Crippen LogP contribution in [0.25, 0.3) is 11.1 Å². The molecule has 35 heavy (non-hydrogen) atoms. The van der Waals surface area contributed by atoms with Gasteiger partial charge in [0.2, 0.25) is 15.9 Å². The molecule has 0 aromatic heterocycles. The molecule has 1 heterocycles. The van der Waals surface area contributed by atoms with Gasteiger partial charge in [0.1, 0.15) is 5.75 Å². The van der Waals surface area contributed by atoms with Gasteiger partial charge in [-0.3, -0.25) is 9.69 Å². The minimum Gasteiger partial charge on any atom is -0.491 e. The maximum Gasteiger partial charge on any atom is 0.243 e. The SMILES string of the molecule is CC(C)Oc1ccc(-c2ccc(S(=O)(=O)N(CCN3CCOCC3)[C@@H](CS)CC(N)=O)cc2)cc1. The van der Waals surface area contributed by atoms with Crippen molar-refractivity contribution in [1.29, 1.82) is 0 Å². The fourth-order valence-electron chi connectivity index (χ4n) is 4.01. The zero-order valence-electron chi connectivity index (χ0n) is 20.3. The number of nitrogens with two attached hydrogens (primary N) is 1. The van der Waals surface area contributed by atoms with Gasteiger partial charge in [-0.05, 0) is 49.2 Å². The Morgan fingerprint density at radius 3 is 2.17 bits per heavy atom. The van der Waals surface area contributed by atoms with Crippen LogP contribution in [0.3, 0.4) is 0 Å². The Morgan fingerprint density at radius 1 is 1.09 bits per heavy atom. The normalized spacial score (nSPS) is 15.9. The molecule has 2 aromatic carbocycles. The van der Waals surface area contributed by atoms with Gasteiger partial charge in [0.25, 0.3) is 0 Å². The maximum atomic E-state index is 13.7. The molecule has 1 atom stereocenters. The van der Waals surface area contributed by atoms with Crippen molar-refractivity contribution < 1.29 is 22.7 Å². The van der Waals surface area contributed by atoms with Gasteiger partial charge in [0, 0.05) is 44.4 Å². The standard InChI is InChI=1S/C25H35N3O5S2/c1-19(2)33-23-7-3-20(4-8-23)21-5-9-24(10-6-21)35(30,31)28(22(18-34)17-25(26)29)12-11-27-13-15-32-16-14-27/h3-10,19,22,34H,11-18H2,1-2H3,(H2,26,29)/t22-/m1/s1. The first-order valence-electron chi connectivity index (χ1n) is 11.8. The van der Waals surface area contributed by atoms with Gasteiger partial charge >= 0.3 is 0 Å². The largest absolute Gasteiger partial charge is 0.491 e. The molecule has 10 heteroatoms. The molecule has 1 saturated heterocycles. The molecule has 0 spiro atoms. The summed E-state index contributed by atoms with van der Waals surface area (Å²) in [5, 5.41) is 0. The van der Waals surface area contributed by atoms with Crippen LogP contribution in [0.4, 0.5) is 0 Å². The summed E-state index contributed by atoms with van der Waals surface area (Å²) in [4.78, 5) is 14.0. The first-order valence-corrected chi connectivity index (χ1v) is 13.9. The van der Waals surface area contributed by atoms with Crippen molar-refractivity contribution in [3.63, 3.8) is 0 Å². The van der Waals surface area contributed by atoms with Crippen molar-refractivity contribution in [3.05, 3.63) is 48.5 Å². The lowest BCUT2D eigenvalue weighted by atomic mass is 10.1. The van der Waals surface area contributed by atoms with Gasteiger partial charge < -0.3 is 15.2 Å². The lowest BCUT2D eigenvalue weighted by Crippen LogP contribution is -2.48. The van der Waals surface area contributed by atoms with E-state index in [9.17, 15) is 13.2 Å². The highest BCUT2D eigenvalue weighted by molar-refractivity contribution is 7.89. The van der Waals surface area contributed by atoms with Crippen LogP contribution in [0.2, 0.25) is 0 Å². The smallest absolute Gasteiger partial charge is 0.243 e. The van der Waals surface area contributed by atoms with Gasteiger partial charge in [0.15, 0.2) is 0 Å². The average Bonchev–Trinajstić information content (AvgIpc) is 2.84. The summed E-state index contributed by atoms with van der Waals surface area (Å²) in [5.74, 6) is 0.413. The molecular weight excluding hydrogens is 486 g/mol. The number of hydrogen-bond acceptors (Lipinski definition) is 7. The fraction of sp³-hybridized carbons (Fsp3) is 0.480. The first kappa shape index (κ1) is 27.5. The van der Waals surface area contributed by atoms with Crippen LogP contribution in [0.5, 0.6) is 5.75 Å². The number of primary amides is 1. The molecule has 192 valence electrons. The van der Waals surface area contributed by atoms with Gasteiger partial charge in [-0.25, -0.2) is 8.42 Å². The number of benzene rings is 2. The summed E-state index contributed by atoms with van der Waals surface area (Å²) in [6.07, 6.45) is 0.00141. The Balaban J connectivity index is 1.81. The van der Waals surface area contributed by atoms with E-state index in [1.165, 1.54) is 4.31 Å². The van der Waals surface area contributed by atoms with Crippen LogP contribution < -0.4 is 10.5 Å². The molecule has 8 nitrogen and oxygen atoms in total. The number of rotatable bonds is 12. The van der Waals surface area contributed by atoms with Crippen molar-refractivity contribution in [1.82, 2.24) is 9.21 Å². The number of sulfonamides is 1. The zero-order chi connectivity index (χ0) is 25.4. The molecule has 0 bridgehead atoms. The molecule has 1 amide bonds. The molecule has 0 unspecified atom stereocenters. The Hall–Kier alpha value is -2.11. The monoisotopic (exact) mass is 521 g/mol. The molecule has 2 N–H and O–H groups in total. The Kier molecular flexibility index (Phi) is 9.99. The van der Waals surface area contributed by atoms with Crippen LogP contribution in [-0.4, -0.2) is 80.8 Å². The number of hydrogen-bond donors (Lipinski definition) is 2. The van der Waals surface area contributed by atoms with Gasteiger partial charge in [-0.2, -0.15) is 16.9 Å². The molecule has 1 fully saturated rings. The van der Waals surface area contributed by atoms with Crippen molar-refractivity contribution in [2.45, 2.75) is 37.3 Å². The minimum absolute atomic E-state index is 0.0886. The van der Waals surface area contributed by atoms with Crippen LogP contribution in [-0.2, 0) is 19.6 Å². The van der Waals surface area contributed by atoms with E-state index >= 15 is 0 Å². The van der Waals surface area contributed by atoms with Crippen molar-refractivity contribution in [3.8, 4) is 16.9 Å². The van der Waals surface area contributed by atoms with Crippen LogP contribution in [0, 0.1) is 0 Å². The Bertz CT molecular complexity index is 1050. The van der Waals surface area contributed by atoms with Crippen LogP contribution in [0.15, 0.2) is 53.4 Å². The van der Waals surface area contributed by atoms with Gasteiger partial charge in [-0.15, -0.1) is 0 Å². The van der Waals surface area contributed by atoms with E-state index in [2.05, 4.69) is 17.5 Å². The first-order chi connectivity index (χ1) is 16.7. The predicted octanol–water partition coefficient (Wildman–Crippen LogP) is 2.64. The molecular formula is C25H35N3O5S2. The van der Waals surface area contributed by atoms with E-state index < -0.39 is 22.0 Å². The summed E-state index contributed by atoms with van der Waals surface area (Å²) in [6, 6.07) is 13.8. The van der Waals surface area contributed by atoms with E-state index in [1.807, 2.05) is 38.1 Å². The topological polar surface area (TPSA) is 102 Å². The highest BCUT2D eigenvalue weighted by atomic mass is 32.2. The summed E-state index contributed by atoms with van der Waals surface area (Å²) < 4.78 is 39.8. The lowest BCUT2D eigenvalue weighted by molar-refractivity contribution is -0.118. The average molecular weight is 522 g/mol. The highest BCUT2D eigenvalue weighted by Gasteiger charge is 2.32. The molecule has 0 radical (unpaired) electrons. The third-order valence-electron chi connectivity index (χ3n) is 5.82. The maximum absolute atomic E-state index is 13.7. The zero-order valence-corrected chi connectivity index (χ0v) is 22.0. The Morgan fingerprint density at radius 2 is 1.66 bits per heavy atom. The van der Waals surface area contributed by atoms with Crippen LogP contribution >= 0.6 is 12.6 Å². The number of carbonyl (C=O) groups excluding carboxylic acids is 1. The van der Waals surface area contributed by atoms with E-state index in [1.54, 1.807) is 24.3 Å². The second kappa shape index (κ2) is 12.7. The van der Waals surface area contributed by atoms with Crippen molar-refractivity contribution in [2.24, 2.45) is 5.73 Å². The predicted molar refractivity (Wildman–Crippen MR) is 140 cm³/mol. The number of amides is 1. The number of thiol groups is 1. The molecule has 0 saturated carbocycles. The van der Waals surface area contributed by atoms with E-state index in [0.717, 1.165) is 30.0 Å². The lowest BCUT2D eigenvalue weighted by Gasteiger charge is -2.33. The van der Waals surface area contributed by atoms with Gasteiger partial charge in [-0.1, -0.05) is 24.3 Å². The number of morpholine rings is 1. The van der Waals surface area contributed by atoms with E-state index in [-0.39, 0.29) is 29.7 Å². The second-order valence-electron chi connectivity index (χ2n) is 8.79. The number of carbonyl (C=O) groups is 1. The quantitative estimate of drug-likeness (QED) is 0.417. The van der Waals surface area contributed by atoms with Crippen molar-refractivity contribution >= 4 is 28.6 Å². The summed E-state index contributed by atoms with van der Waals surface area (Å²) in [6.45, 7) is 7.44. The summed E-state index contributed by atoms with van der Waals surface area (Å²) in [5.41, 5.74) is 7.27. The van der Waals surface area contributed by atoms with Gasteiger partial charge in [0.05, 0.1) is 24.2 Å². The third-order valence-corrected chi connectivity index (χ3v) is 8.20. The Labute approximate surface area is 213 Å². The molecule has 1 aliphatic heterocycles. The molecule has 3 rings (SSSR count). The van der Waals surface area contributed by atoms with E-state index in [0.29, 0.717) is 19.8 Å². The summed E-state index contributed by atoms with van der Waals surface area (Å²) in [7, 11) is -3.88. The van der Waals surface area contributed by atoms with Crippen molar-refractivity contribution in [2.75, 3.05) is 45.1 Å². The fourth-order valence-corrected chi connectivity index (χ4v) is 6.06. The molecule has 0 aliphatic carbocycles. The highest BCUT2D eigenvalue weighted by Crippen LogP contribution is 2.26. The van der Waals surface area contributed by atoms with E-state index in [4.69, 9.17) is 15.2 Å².